The minimum atomic E-state index is -0.454. The summed E-state index contributed by atoms with van der Waals surface area (Å²) >= 11 is 0. The van der Waals surface area contributed by atoms with Crippen molar-refractivity contribution in [3.05, 3.63) is 65.2 Å². The van der Waals surface area contributed by atoms with Crippen LogP contribution in [0.25, 0.3) is 0 Å². The monoisotopic (exact) mass is 648 g/mol. The van der Waals surface area contributed by atoms with Gasteiger partial charge in [-0.2, -0.15) is 0 Å². The molecule has 4 aliphatic heterocycles. The SMILES string of the molecule is COc1ccc(CN2C3CCC2C(NC(=O)OC(C)(C)C)C3)cc1.Cc1ccc(CN2C3CCC2C(NC(=O)OC(C)(C)C)C3)cc1. The highest BCUT2D eigenvalue weighted by molar-refractivity contribution is 5.68. The molecule has 2 N–H and O–H groups in total. The molecule has 4 heterocycles. The van der Waals surface area contributed by atoms with Crippen LogP contribution in [0.4, 0.5) is 9.59 Å². The second kappa shape index (κ2) is 14.4. The fourth-order valence-electron chi connectivity index (χ4n) is 7.77. The number of benzene rings is 2. The van der Waals surface area contributed by atoms with Gasteiger partial charge in [-0.15, -0.1) is 0 Å². The molecule has 0 spiro atoms. The molecule has 47 heavy (non-hydrogen) atoms. The first-order valence-electron chi connectivity index (χ1n) is 17.4. The first-order chi connectivity index (χ1) is 22.2. The lowest BCUT2D eigenvalue weighted by Gasteiger charge is -2.27. The van der Waals surface area contributed by atoms with E-state index in [1.807, 2.05) is 53.7 Å². The van der Waals surface area contributed by atoms with E-state index in [2.05, 4.69) is 63.8 Å². The van der Waals surface area contributed by atoms with Crippen LogP contribution in [0.3, 0.4) is 0 Å². The Morgan fingerprint density at radius 2 is 1.09 bits per heavy atom. The van der Waals surface area contributed by atoms with Crippen molar-refractivity contribution >= 4 is 12.2 Å². The molecule has 6 unspecified atom stereocenters. The van der Waals surface area contributed by atoms with Crippen LogP contribution in [-0.4, -0.2) is 76.5 Å². The van der Waals surface area contributed by atoms with Crippen LogP contribution in [0.15, 0.2) is 48.5 Å². The number of aryl methyl sites for hydroxylation is 1. The molecule has 2 aromatic rings. The number of carbonyl (C=O) groups excluding carboxylic acids is 2. The maximum absolute atomic E-state index is 12.1. The quantitative estimate of drug-likeness (QED) is 0.336. The second-order valence-corrected chi connectivity index (χ2v) is 15.8. The molecule has 0 radical (unpaired) electrons. The van der Waals surface area contributed by atoms with E-state index in [0.29, 0.717) is 24.2 Å². The molecule has 4 saturated heterocycles. The van der Waals surface area contributed by atoms with Gasteiger partial charge in [0.1, 0.15) is 17.0 Å². The van der Waals surface area contributed by atoms with Crippen molar-refractivity contribution in [3.8, 4) is 5.75 Å². The fraction of sp³-hybridized carbons (Fsp3) is 0.632. The lowest BCUT2D eigenvalue weighted by molar-refractivity contribution is 0.0479. The van der Waals surface area contributed by atoms with Crippen LogP contribution < -0.4 is 15.4 Å². The molecular formula is C38H56N4O5. The van der Waals surface area contributed by atoms with Crippen LogP contribution >= 0.6 is 0 Å². The molecular weight excluding hydrogens is 592 g/mol. The summed E-state index contributed by atoms with van der Waals surface area (Å²) in [5.74, 6) is 0.882. The number of alkyl carbamates (subject to hydrolysis) is 2. The van der Waals surface area contributed by atoms with Crippen LogP contribution in [0.5, 0.6) is 5.75 Å². The third kappa shape index (κ3) is 9.41. The smallest absolute Gasteiger partial charge is 0.407 e. The average molecular weight is 649 g/mol. The summed E-state index contributed by atoms with van der Waals surface area (Å²) in [4.78, 5) is 29.2. The second-order valence-electron chi connectivity index (χ2n) is 15.8. The van der Waals surface area contributed by atoms with E-state index in [4.69, 9.17) is 14.2 Å². The third-order valence-electron chi connectivity index (χ3n) is 9.78. The largest absolute Gasteiger partial charge is 0.497 e. The molecule has 0 aliphatic carbocycles. The Hall–Kier alpha value is -3.30. The van der Waals surface area contributed by atoms with Gasteiger partial charge in [0.2, 0.25) is 0 Å². The van der Waals surface area contributed by atoms with Crippen molar-refractivity contribution in [3.63, 3.8) is 0 Å². The van der Waals surface area contributed by atoms with Crippen molar-refractivity contribution < 1.29 is 23.8 Å². The molecule has 0 saturated carbocycles. The third-order valence-corrected chi connectivity index (χ3v) is 9.78. The number of carbonyl (C=O) groups is 2. The minimum absolute atomic E-state index is 0.192. The maximum atomic E-state index is 12.1. The van der Waals surface area contributed by atoms with E-state index in [-0.39, 0.29) is 24.3 Å². The molecule has 4 bridgehead atoms. The Labute approximate surface area is 281 Å². The number of hydrogen-bond acceptors (Lipinski definition) is 7. The number of fused-ring (bicyclic) bond motifs is 4. The van der Waals surface area contributed by atoms with Gasteiger partial charge in [0.25, 0.3) is 0 Å². The Balaban J connectivity index is 0.000000185. The number of rotatable bonds is 7. The maximum Gasteiger partial charge on any atom is 0.407 e. The van der Waals surface area contributed by atoms with Gasteiger partial charge in [-0.3, -0.25) is 9.80 Å². The molecule has 4 aliphatic rings. The van der Waals surface area contributed by atoms with Gasteiger partial charge >= 0.3 is 12.2 Å². The highest BCUT2D eigenvalue weighted by Crippen LogP contribution is 2.40. The van der Waals surface area contributed by atoms with E-state index in [9.17, 15) is 9.59 Å². The van der Waals surface area contributed by atoms with Crippen molar-refractivity contribution in [1.29, 1.82) is 0 Å². The summed E-state index contributed by atoms with van der Waals surface area (Å²) in [6.07, 6.45) is 6.22. The molecule has 9 nitrogen and oxygen atoms in total. The minimum Gasteiger partial charge on any atom is -0.497 e. The highest BCUT2D eigenvalue weighted by atomic mass is 16.6. The summed E-state index contributed by atoms with van der Waals surface area (Å²) in [5, 5.41) is 6.17. The van der Waals surface area contributed by atoms with Gasteiger partial charge in [0.05, 0.1) is 7.11 Å². The molecule has 0 aromatic heterocycles. The Kier molecular flexibility index (Phi) is 10.8. The zero-order chi connectivity index (χ0) is 33.9. The summed E-state index contributed by atoms with van der Waals surface area (Å²) in [6, 6.07) is 19.4. The van der Waals surface area contributed by atoms with E-state index >= 15 is 0 Å². The van der Waals surface area contributed by atoms with Crippen molar-refractivity contribution in [2.75, 3.05) is 7.11 Å². The Bertz CT molecular complexity index is 1350. The molecule has 4 fully saturated rings. The number of hydrogen-bond donors (Lipinski definition) is 2. The normalized spacial score (nSPS) is 26.8. The number of methoxy groups -OCH3 is 1. The zero-order valence-electron chi connectivity index (χ0n) is 29.7. The van der Waals surface area contributed by atoms with E-state index in [0.717, 1.165) is 44.5 Å². The van der Waals surface area contributed by atoms with Gasteiger partial charge in [0.15, 0.2) is 0 Å². The van der Waals surface area contributed by atoms with Gasteiger partial charge in [-0.05, 0) is 110 Å². The average Bonchev–Trinajstić information content (AvgIpc) is 3.72. The fourth-order valence-corrected chi connectivity index (χ4v) is 7.77. The van der Waals surface area contributed by atoms with Crippen LogP contribution in [0.1, 0.15) is 96.8 Å². The lowest BCUT2D eigenvalue weighted by Crippen LogP contribution is -2.45. The molecule has 258 valence electrons. The van der Waals surface area contributed by atoms with Crippen LogP contribution in [-0.2, 0) is 22.6 Å². The van der Waals surface area contributed by atoms with Gasteiger partial charge < -0.3 is 24.8 Å². The summed E-state index contributed by atoms with van der Waals surface area (Å²) < 4.78 is 16.0. The predicted molar refractivity (Wildman–Crippen MR) is 184 cm³/mol. The van der Waals surface area contributed by atoms with Crippen LogP contribution in [0, 0.1) is 6.92 Å². The predicted octanol–water partition coefficient (Wildman–Crippen LogP) is 6.95. The molecule has 2 amide bonds. The zero-order valence-corrected chi connectivity index (χ0v) is 29.7. The number of nitrogens with zero attached hydrogens (tertiary/aromatic N) is 2. The van der Waals surface area contributed by atoms with E-state index in [1.165, 1.54) is 29.5 Å². The first kappa shape index (κ1) is 35.0. The molecule has 6 rings (SSSR count). The molecule has 9 heteroatoms. The molecule has 2 aromatic carbocycles. The molecule has 6 atom stereocenters. The standard InChI is InChI=1S/C19H28N2O3.C19H28N2O2/c1-19(2,3)24-18(22)20-16-11-14-7-10-17(16)21(14)12-13-5-8-15(23-4)9-6-13;1-13-5-7-14(8-6-13)12-21-15-9-10-17(21)16(11-15)20-18(22)23-19(2,3)4/h5-6,8-9,14,16-17H,7,10-12H2,1-4H3,(H,20,22);5-8,15-17H,9-12H2,1-4H3,(H,20,22). The van der Waals surface area contributed by atoms with Crippen molar-refractivity contribution in [2.45, 2.75) is 148 Å². The summed E-state index contributed by atoms with van der Waals surface area (Å²) in [7, 11) is 1.68. The van der Waals surface area contributed by atoms with Gasteiger partial charge in [0, 0.05) is 49.3 Å². The van der Waals surface area contributed by atoms with Crippen molar-refractivity contribution in [2.24, 2.45) is 0 Å². The van der Waals surface area contributed by atoms with Gasteiger partial charge in [-0.25, -0.2) is 9.59 Å². The van der Waals surface area contributed by atoms with Gasteiger partial charge in [-0.1, -0.05) is 42.0 Å². The first-order valence-corrected chi connectivity index (χ1v) is 17.4. The van der Waals surface area contributed by atoms with E-state index < -0.39 is 11.2 Å². The number of ether oxygens (including phenoxy) is 3. The number of nitrogens with one attached hydrogen (secondary N) is 2. The summed E-state index contributed by atoms with van der Waals surface area (Å²) in [6.45, 7) is 15.4. The topological polar surface area (TPSA) is 92.4 Å². The van der Waals surface area contributed by atoms with Crippen LogP contribution in [0.2, 0.25) is 0 Å². The Morgan fingerprint density at radius 1 is 0.681 bits per heavy atom. The van der Waals surface area contributed by atoms with Crippen molar-refractivity contribution in [1.82, 2.24) is 20.4 Å². The van der Waals surface area contributed by atoms with E-state index in [1.54, 1.807) is 7.11 Å². The Morgan fingerprint density at radius 3 is 1.47 bits per heavy atom. The lowest BCUT2D eigenvalue weighted by atomic mass is 9.96. The summed E-state index contributed by atoms with van der Waals surface area (Å²) in [5.41, 5.74) is 3.03. The number of amides is 2. The highest BCUT2D eigenvalue weighted by Gasteiger charge is 2.48.